The second kappa shape index (κ2) is 18.2. The monoisotopic (exact) mass is 650 g/mol. The summed E-state index contributed by atoms with van der Waals surface area (Å²) < 4.78 is 15.9. The van der Waals surface area contributed by atoms with Gasteiger partial charge in [-0.25, -0.2) is 14.8 Å². The molecular weight excluding hydrogens is 608 g/mol. The Labute approximate surface area is 272 Å². The molecule has 0 fully saturated rings. The van der Waals surface area contributed by atoms with E-state index in [-0.39, 0.29) is 74.2 Å². The van der Waals surface area contributed by atoms with E-state index in [0.717, 1.165) is 0 Å². The molecule has 0 aliphatic rings. The maximum absolute atomic E-state index is 13.1. The number of carbonyl (C=O) groups is 3. The smallest absolute Gasteiger partial charge is 0.328 e. The lowest BCUT2D eigenvalue weighted by Crippen LogP contribution is -2.43. The zero-order valence-corrected chi connectivity index (χ0v) is 26.9. The molecule has 0 saturated carbocycles. The zero-order chi connectivity index (χ0) is 34.2. The number of hydrogen-bond donors (Lipinski definition) is 5. The molecule has 252 valence electrons. The molecule has 3 aromatic rings. The number of terminal acetylenes is 1. The van der Waals surface area contributed by atoms with Gasteiger partial charge in [-0.15, -0.1) is 6.42 Å². The lowest BCUT2D eigenvalue weighted by molar-refractivity contribution is -0.146. The van der Waals surface area contributed by atoms with Crippen LogP contribution in [-0.4, -0.2) is 83.3 Å². The Hall–Kier alpha value is -5.07. The van der Waals surface area contributed by atoms with E-state index in [2.05, 4.69) is 41.8 Å². The number of nitrogen functional groups attached to an aromatic ring is 1. The quantitative estimate of drug-likeness (QED) is 0.0754. The minimum absolute atomic E-state index is 0.0135. The van der Waals surface area contributed by atoms with Crippen LogP contribution in [0.3, 0.4) is 0 Å². The number of ether oxygens (including phenoxy) is 3. The third-order valence-electron chi connectivity index (χ3n) is 6.58. The van der Waals surface area contributed by atoms with Gasteiger partial charge in [0.2, 0.25) is 11.9 Å². The first-order chi connectivity index (χ1) is 22.4. The van der Waals surface area contributed by atoms with Gasteiger partial charge >= 0.3 is 5.97 Å². The Morgan fingerprint density at radius 3 is 2.53 bits per heavy atom. The second-order valence-electron chi connectivity index (χ2n) is 11.7. The number of nitrogens with one attached hydrogen (secondary N) is 4. The molecule has 15 nitrogen and oxygen atoms in total. The van der Waals surface area contributed by atoms with Crippen molar-refractivity contribution in [3.05, 3.63) is 52.1 Å². The number of anilines is 2. The molecule has 2 heterocycles. The summed E-state index contributed by atoms with van der Waals surface area (Å²) in [5.74, 6) is 0.909. The number of aromatic nitrogens is 4. The fraction of sp³-hybridized carbons (Fsp3) is 0.469. The van der Waals surface area contributed by atoms with Crippen LogP contribution >= 0.6 is 0 Å². The van der Waals surface area contributed by atoms with E-state index in [1.54, 1.807) is 24.3 Å². The number of amides is 2. The van der Waals surface area contributed by atoms with Gasteiger partial charge in [0, 0.05) is 24.2 Å². The van der Waals surface area contributed by atoms with Crippen LogP contribution in [0.4, 0.5) is 11.6 Å². The van der Waals surface area contributed by atoms with Gasteiger partial charge in [-0.2, -0.15) is 4.98 Å². The number of carbonyl (C=O) groups excluding carboxylic acids is 3. The van der Waals surface area contributed by atoms with Gasteiger partial charge in [0.1, 0.15) is 12.6 Å². The normalized spacial score (nSPS) is 11.8. The van der Waals surface area contributed by atoms with Crippen LogP contribution in [0.2, 0.25) is 0 Å². The number of rotatable bonds is 18. The Morgan fingerprint density at radius 2 is 1.81 bits per heavy atom. The molecule has 0 unspecified atom stereocenters. The van der Waals surface area contributed by atoms with Gasteiger partial charge in [-0.05, 0) is 42.5 Å². The predicted octanol–water partition coefficient (Wildman–Crippen LogP) is 1.55. The first kappa shape index (κ1) is 36.4. The second-order valence-corrected chi connectivity index (χ2v) is 11.7. The molecule has 0 saturated heterocycles. The van der Waals surface area contributed by atoms with E-state index in [0.29, 0.717) is 36.6 Å². The molecule has 2 amide bonds. The van der Waals surface area contributed by atoms with Crippen LogP contribution < -0.4 is 27.2 Å². The molecule has 0 spiro atoms. The maximum Gasteiger partial charge on any atom is 0.328 e. The highest BCUT2D eigenvalue weighted by atomic mass is 16.5. The first-order valence-electron chi connectivity index (χ1n) is 15.1. The average Bonchev–Trinajstić information content (AvgIpc) is 3.02. The summed E-state index contributed by atoms with van der Waals surface area (Å²) >= 11 is 0. The van der Waals surface area contributed by atoms with E-state index < -0.39 is 23.5 Å². The molecule has 1 atom stereocenters. The van der Waals surface area contributed by atoms with Gasteiger partial charge < -0.3 is 35.9 Å². The molecule has 47 heavy (non-hydrogen) atoms. The minimum atomic E-state index is -1.03. The van der Waals surface area contributed by atoms with Crippen LogP contribution in [0.1, 0.15) is 56.1 Å². The van der Waals surface area contributed by atoms with Crippen LogP contribution in [-0.2, 0) is 30.3 Å². The highest BCUT2D eigenvalue weighted by molar-refractivity contribution is 5.97. The van der Waals surface area contributed by atoms with Gasteiger partial charge in [0.25, 0.3) is 11.5 Å². The molecule has 2 aromatic heterocycles. The Balaban J connectivity index is 1.53. The molecule has 3 rings (SSSR count). The zero-order valence-electron chi connectivity index (χ0n) is 26.9. The SMILES string of the molecule is C#CCOCCOCCNC(=O)CC[C@H](NC(=O)c1ccc(NCc2cnc3nc(N)[nH]c(=O)c3n2)cc1)C(=O)OCCC(C)(C)C. The van der Waals surface area contributed by atoms with Crippen molar-refractivity contribution in [1.29, 1.82) is 0 Å². The van der Waals surface area contributed by atoms with Crippen molar-refractivity contribution in [2.45, 2.75) is 52.6 Å². The van der Waals surface area contributed by atoms with Crippen LogP contribution in [0.5, 0.6) is 0 Å². The number of benzene rings is 1. The van der Waals surface area contributed by atoms with E-state index in [9.17, 15) is 19.2 Å². The summed E-state index contributed by atoms with van der Waals surface area (Å²) in [6.45, 7) is 7.99. The van der Waals surface area contributed by atoms with Crippen LogP contribution in [0, 0.1) is 17.8 Å². The summed E-state index contributed by atoms with van der Waals surface area (Å²) in [7, 11) is 0. The van der Waals surface area contributed by atoms with Crippen molar-refractivity contribution >= 4 is 40.6 Å². The molecule has 0 aliphatic heterocycles. The topological polar surface area (TPSA) is 213 Å². The molecule has 0 aliphatic carbocycles. The predicted molar refractivity (Wildman–Crippen MR) is 175 cm³/mol. The number of nitrogens with two attached hydrogens (primary N) is 1. The molecule has 6 N–H and O–H groups in total. The van der Waals surface area contributed by atoms with E-state index in [1.807, 2.05) is 20.8 Å². The van der Waals surface area contributed by atoms with Crippen LogP contribution in [0.15, 0.2) is 35.3 Å². The largest absolute Gasteiger partial charge is 0.464 e. The standard InChI is InChI=1S/C32H42N8O7/c1-5-14-45-17-18-46-16-13-34-25(41)11-10-24(30(44)47-15-12-32(2,3)4)38-28(42)21-6-8-22(9-7-21)35-19-23-20-36-27-26(37-23)29(43)40-31(33)39-27/h1,6-9,20,24,35H,10-19H2,2-4H3,(H,34,41)(H,38,42)(H3,33,36,39,40,43)/t24-/m0/s1. The summed E-state index contributed by atoms with van der Waals surface area (Å²) in [4.78, 5) is 65.4. The van der Waals surface area contributed by atoms with Gasteiger partial charge in [0.05, 0.1) is 44.9 Å². The van der Waals surface area contributed by atoms with Crippen molar-refractivity contribution in [3.8, 4) is 12.3 Å². The number of nitrogens with zero attached hydrogens (tertiary/aromatic N) is 3. The number of H-pyrrole nitrogens is 1. The third kappa shape index (κ3) is 13.1. The first-order valence-corrected chi connectivity index (χ1v) is 15.1. The van der Waals surface area contributed by atoms with Crippen molar-refractivity contribution in [2.75, 3.05) is 50.6 Å². The van der Waals surface area contributed by atoms with E-state index >= 15 is 0 Å². The van der Waals surface area contributed by atoms with E-state index in [1.165, 1.54) is 6.20 Å². The average molecular weight is 651 g/mol. The van der Waals surface area contributed by atoms with Crippen molar-refractivity contribution in [1.82, 2.24) is 30.6 Å². The Kier molecular flexibility index (Phi) is 14.1. The van der Waals surface area contributed by atoms with Crippen LogP contribution in [0.25, 0.3) is 11.2 Å². The molecule has 0 radical (unpaired) electrons. The van der Waals surface area contributed by atoms with Crippen molar-refractivity contribution < 1.29 is 28.6 Å². The third-order valence-corrected chi connectivity index (χ3v) is 6.58. The van der Waals surface area contributed by atoms with Crippen molar-refractivity contribution in [3.63, 3.8) is 0 Å². The Bertz CT molecular complexity index is 1600. The summed E-state index contributed by atoms with van der Waals surface area (Å²) in [5.41, 5.74) is 6.69. The minimum Gasteiger partial charge on any atom is -0.464 e. The maximum atomic E-state index is 13.1. The fourth-order valence-electron chi connectivity index (χ4n) is 4.01. The highest BCUT2D eigenvalue weighted by Crippen LogP contribution is 2.18. The summed E-state index contributed by atoms with van der Waals surface area (Å²) in [6.07, 6.45) is 7.26. The lowest BCUT2D eigenvalue weighted by Gasteiger charge is -2.21. The number of fused-ring (bicyclic) bond motifs is 1. The number of esters is 1. The molecule has 1 aromatic carbocycles. The summed E-state index contributed by atoms with van der Waals surface area (Å²) in [6, 6.07) is 5.52. The Morgan fingerprint density at radius 1 is 1.06 bits per heavy atom. The molecule has 15 heteroatoms. The van der Waals surface area contributed by atoms with Gasteiger partial charge in [0.15, 0.2) is 11.2 Å². The van der Waals surface area contributed by atoms with Crippen molar-refractivity contribution in [2.24, 2.45) is 5.41 Å². The molecule has 0 bridgehead atoms. The van der Waals surface area contributed by atoms with Gasteiger partial charge in [-0.1, -0.05) is 26.7 Å². The highest BCUT2D eigenvalue weighted by Gasteiger charge is 2.24. The lowest BCUT2D eigenvalue weighted by atomic mass is 9.93. The van der Waals surface area contributed by atoms with Gasteiger partial charge in [-0.3, -0.25) is 19.4 Å². The van der Waals surface area contributed by atoms with E-state index in [4.69, 9.17) is 26.4 Å². The number of aromatic amines is 1. The fourth-order valence-corrected chi connectivity index (χ4v) is 4.01. The summed E-state index contributed by atoms with van der Waals surface area (Å²) in [5, 5.41) is 8.59. The number of hydrogen-bond acceptors (Lipinski definition) is 12. The molecular formula is C32H42N8O7.